The van der Waals surface area contributed by atoms with Crippen LogP contribution in [0.2, 0.25) is 0 Å². The van der Waals surface area contributed by atoms with Gasteiger partial charge in [0.05, 0.1) is 17.0 Å². The predicted octanol–water partition coefficient (Wildman–Crippen LogP) is 1.06. The van der Waals surface area contributed by atoms with Gasteiger partial charge in [-0.2, -0.15) is 17.5 Å². The number of halogens is 3. The number of hydrogen-bond acceptors (Lipinski definition) is 4. The first-order valence-electron chi connectivity index (χ1n) is 8.82. The van der Waals surface area contributed by atoms with Crippen LogP contribution in [-0.2, 0) is 25.8 Å². The number of nitrogens with one attached hydrogen (secondary N) is 1. The standard InChI is InChI=1S/C17H20F3N3O4S/c18-17(19,20)13-3-1-2-4-14(13)28(26,27)23-8-5-12(6-9-23)16(25)22-10-7-21-15(24)11-22/h1-4,12H,5-11H2,(H,21,24). The zero-order chi connectivity index (χ0) is 20.5. The van der Waals surface area contributed by atoms with Crippen molar-refractivity contribution in [1.29, 1.82) is 0 Å². The third-order valence-electron chi connectivity index (χ3n) is 4.96. The average molecular weight is 419 g/mol. The molecular formula is C17H20F3N3O4S. The number of carbonyl (C=O) groups is 2. The minimum atomic E-state index is -4.78. The second kappa shape index (κ2) is 7.70. The van der Waals surface area contributed by atoms with Gasteiger partial charge in [0.2, 0.25) is 21.8 Å². The minimum absolute atomic E-state index is 0.0314. The Morgan fingerprint density at radius 1 is 1.11 bits per heavy atom. The lowest BCUT2D eigenvalue weighted by atomic mass is 9.96. The molecule has 2 amide bonds. The molecule has 7 nitrogen and oxygen atoms in total. The fraction of sp³-hybridized carbons (Fsp3) is 0.529. The number of rotatable bonds is 3. The lowest BCUT2D eigenvalue weighted by molar-refractivity contribution is -0.142. The molecule has 0 aromatic heterocycles. The first-order valence-corrected chi connectivity index (χ1v) is 10.3. The molecule has 0 atom stereocenters. The van der Waals surface area contributed by atoms with Gasteiger partial charge >= 0.3 is 6.18 Å². The average Bonchev–Trinajstić information content (AvgIpc) is 2.67. The lowest BCUT2D eigenvalue weighted by Gasteiger charge is -2.35. The van der Waals surface area contributed by atoms with Crippen LogP contribution in [0.1, 0.15) is 18.4 Å². The summed E-state index contributed by atoms with van der Waals surface area (Å²) in [6.07, 6.45) is -4.39. The van der Waals surface area contributed by atoms with Gasteiger partial charge < -0.3 is 10.2 Å². The Hall–Kier alpha value is -2.14. The maximum Gasteiger partial charge on any atom is 0.417 e. The Bertz CT molecular complexity index is 865. The van der Waals surface area contributed by atoms with Crippen LogP contribution in [0.3, 0.4) is 0 Å². The van der Waals surface area contributed by atoms with Crippen LogP contribution >= 0.6 is 0 Å². The van der Waals surface area contributed by atoms with Crippen molar-refractivity contribution >= 4 is 21.8 Å². The van der Waals surface area contributed by atoms with E-state index in [1.807, 2.05) is 0 Å². The van der Waals surface area contributed by atoms with E-state index in [4.69, 9.17) is 0 Å². The largest absolute Gasteiger partial charge is 0.417 e. The summed E-state index contributed by atoms with van der Waals surface area (Å²) in [6.45, 7) is 0.625. The summed E-state index contributed by atoms with van der Waals surface area (Å²) in [5.41, 5.74) is -1.20. The quantitative estimate of drug-likeness (QED) is 0.794. The number of benzene rings is 1. The smallest absolute Gasteiger partial charge is 0.353 e. The fourth-order valence-corrected chi connectivity index (χ4v) is 5.17. The van der Waals surface area contributed by atoms with Gasteiger partial charge in [-0.05, 0) is 25.0 Å². The second-order valence-corrected chi connectivity index (χ2v) is 8.69. The van der Waals surface area contributed by atoms with Crippen molar-refractivity contribution in [2.45, 2.75) is 23.9 Å². The van der Waals surface area contributed by atoms with E-state index in [1.165, 1.54) is 11.0 Å². The zero-order valence-electron chi connectivity index (χ0n) is 14.9. The minimum Gasteiger partial charge on any atom is -0.353 e. The topological polar surface area (TPSA) is 86.8 Å². The van der Waals surface area contributed by atoms with E-state index >= 15 is 0 Å². The molecule has 1 N–H and O–H groups in total. The summed E-state index contributed by atoms with van der Waals surface area (Å²) in [7, 11) is -4.33. The van der Waals surface area contributed by atoms with E-state index in [0.717, 1.165) is 22.5 Å². The molecule has 0 saturated carbocycles. The maximum atomic E-state index is 13.2. The summed E-state index contributed by atoms with van der Waals surface area (Å²) in [5.74, 6) is -0.916. The number of hydrogen-bond donors (Lipinski definition) is 1. The van der Waals surface area contributed by atoms with E-state index in [9.17, 15) is 31.2 Å². The fourth-order valence-electron chi connectivity index (χ4n) is 3.49. The van der Waals surface area contributed by atoms with Crippen molar-refractivity contribution in [3.8, 4) is 0 Å². The van der Waals surface area contributed by atoms with Crippen LogP contribution in [0.15, 0.2) is 29.2 Å². The van der Waals surface area contributed by atoms with E-state index in [-0.39, 0.29) is 44.3 Å². The Morgan fingerprint density at radius 2 is 1.75 bits per heavy atom. The van der Waals surface area contributed by atoms with Crippen LogP contribution < -0.4 is 5.32 Å². The van der Waals surface area contributed by atoms with Crippen molar-refractivity contribution in [2.75, 3.05) is 32.7 Å². The molecule has 0 spiro atoms. The van der Waals surface area contributed by atoms with Gasteiger partial charge in [-0.3, -0.25) is 9.59 Å². The molecule has 2 saturated heterocycles. The first-order chi connectivity index (χ1) is 13.1. The lowest BCUT2D eigenvalue weighted by Crippen LogP contribution is -2.53. The van der Waals surface area contributed by atoms with Crippen LogP contribution in [-0.4, -0.2) is 62.2 Å². The number of piperidine rings is 1. The Morgan fingerprint density at radius 3 is 2.36 bits per heavy atom. The third-order valence-corrected chi connectivity index (χ3v) is 6.92. The van der Waals surface area contributed by atoms with Crippen LogP contribution in [0.5, 0.6) is 0 Å². The Balaban J connectivity index is 1.71. The summed E-state index contributed by atoms with van der Waals surface area (Å²) >= 11 is 0. The highest BCUT2D eigenvalue weighted by atomic mass is 32.2. The van der Waals surface area contributed by atoms with Crippen LogP contribution in [0, 0.1) is 5.92 Å². The monoisotopic (exact) mass is 419 g/mol. The molecule has 154 valence electrons. The van der Waals surface area contributed by atoms with Gasteiger partial charge in [0.1, 0.15) is 0 Å². The van der Waals surface area contributed by atoms with Gasteiger partial charge in [-0.1, -0.05) is 12.1 Å². The zero-order valence-corrected chi connectivity index (χ0v) is 15.7. The molecule has 3 rings (SSSR count). The van der Waals surface area contributed by atoms with E-state index < -0.39 is 32.6 Å². The van der Waals surface area contributed by atoms with E-state index in [2.05, 4.69) is 5.32 Å². The van der Waals surface area contributed by atoms with Gasteiger partial charge in [0.25, 0.3) is 0 Å². The molecule has 0 unspecified atom stereocenters. The number of sulfonamides is 1. The number of alkyl halides is 3. The van der Waals surface area contributed by atoms with Crippen LogP contribution in [0.25, 0.3) is 0 Å². The Labute approximate surface area is 160 Å². The van der Waals surface area contributed by atoms with E-state index in [0.29, 0.717) is 13.1 Å². The molecule has 0 radical (unpaired) electrons. The summed E-state index contributed by atoms with van der Waals surface area (Å²) in [6, 6.07) is 4.08. The van der Waals surface area contributed by atoms with Crippen molar-refractivity contribution in [2.24, 2.45) is 5.92 Å². The number of amides is 2. The van der Waals surface area contributed by atoms with Gasteiger partial charge in [0.15, 0.2) is 0 Å². The van der Waals surface area contributed by atoms with Crippen LogP contribution in [0.4, 0.5) is 13.2 Å². The van der Waals surface area contributed by atoms with Gasteiger partial charge in [0, 0.05) is 32.1 Å². The molecule has 2 heterocycles. The van der Waals surface area contributed by atoms with Gasteiger partial charge in [-0.15, -0.1) is 0 Å². The van der Waals surface area contributed by atoms with E-state index in [1.54, 1.807) is 0 Å². The van der Waals surface area contributed by atoms with Crippen molar-refractivity contribution in [1.82, 2.24) is 14.5 Å². The van der Waals surface area contributed by atoms with Crippen molar-refractivity contribution in [3.05, 3.63) is 29.8 Å². The van der Waals surface area contributed by atoms with Crippen molar-refractivity contribution < 1.29 is 31.2 Å². The first kappa shape index (κ1) is 20.6. The SMILES string of the molecule is O=C1CN(C(=O)C2CCN(S(=O)(=O)c3ccccc3C(F)(F)F)CC2)CCN1. The highest BCUT2D eigenvalue weighted by molar-refractivity contribution is 7.89. The highest BCUT2D eigenvalue weighted by Gasteiger charge is 2.40. The van der Waals surface area contributed by atoms with Gasteiger partial charge in [-0.25, -0.2) is 8.42 Å². The summed E-state index contributed by atoms with van der Waals surface area (Å²) < 4.78 is 66.1. The molecule has 1 aromatic rings. The molecule has 11 heteroatoms. The molecule has 2 aliphatic rings. The normalized spacial score (nSPS) is 20.1. The Kier molecular flexibility index (Phi) is 5.67. The number of nitrogens with zero attached hydrogens (tertiary/aromatic N) is 2. The highest BCUT2D eigenvalue weighted by Crippen LogP contribution is 2.36. The third kappa shape index (κ3) is 4.14. The molecule has 2 fully saturated rings. The summed E-state index contributed by atoms with van der Waals surface area (Å²) in [4.78, 5) is 24.6. The molecule has 0 aliphatic carbocycles. The molecular weight excluding hydrogens is 399 g/mol. The second-order valence-electron chi connectivity index (χ2n) is 6.78. The number of carbonyl (C=O) groups excluding carboxylic acids is 2. The number of piperazine rings is 1. The van der Waals surface area contributed by atoms with Crippen molar-refractivity contribution in [3.63, 3.8) is 0 Å². The maximum absolute atomic E-state index is 13.2. The molecule has 2 aliphatic heterocycles. The molecule has 0 bridgehead atoms. The molecule has 28 heavy (non-hydrogen) atoms. The molecule has 1 aromatic carbocycles. The summed E-state index contributed by atoms with van der Waals surface area (Å²) in [5, 5.41) is 2.62. The predicted molar refractivity (Wildman–Crippen MR) is 92.5 cm³/mol.